The van der Waals surface area contributed by atoms with Crippen LogP contribution in [0, 0.1) is 5.82 Å². The van der Waals surface area contributed by atoms with E-state index >= 15 is 0 Å². The molecule has 0 aromatic heterocycles. The molecule has 2 fully saturated rings. The first-order valence-electron chi connectivity index (χ1n) is 9.28. The predicted octanol–water partition coefficient (Wildman–Crippen LogP) is 2.56. The molecular formula is C19H28FN3O2. The first-order valence-corrected chi connectivity index (χ1v) is 9.28. The summed E-state index contributed by atoms with van der Waals surface area (Å²) in [4.78, 5) is 18.5. The van der Waals surface area contributed by atoms with E-state index in [2.05, 4.69) is 9.80 Å². The predicted molar refractivity (Wildman–Crippen MR) is 94.9 cm³/mol. The molecule has 0 bridgehead atoms. The van der Waals surface area contributed by atoms with Crippen LogP contribution >= 0.6 is 0 Å². The van der Waals surface area contributed by atoms with Crippen LogP contribution in [0.2, 0.25) is 0 Å². The normalized spacial score (nSPS) is 22.8. The van der Waals surface area contributed by atoms with E-state index in [4.69, 9.17) is 4.74 Å². The Balaban J connectivity index is 1.49. The van der Waals surface area contributed by atoms with Crippen LogP contribution in [0.1, 0.15) is 25.3 Å². The molecule has 6 heteroatoms. The minimum atomic E-state index is -0.196. The Bertz CT molecular complexity index is 576. The number of carbonyl (C=O) groups excluding carboxylic acids is 1. The van der Waals surface area contributed by atoms with Crippen LogP contribution in [-0.2, 0) is 11.3 Å². The summed E-state index contributed by atoms with van der Waals surface area (Å²) in [5, 5.41) is 0. The fourth-order valence-corrected chi connectivity index (χ4v) is 3.85. The molecule has 2 aliphatic heterocycles. The van der Waals surface area contributed by atoms with E-state index in [0.29, 0.717) is 12.6 Å². The van der Waals surface area contributed by atoms with Crippen molar-refractivity contribution in [3.63, 3.8) is 0 Å². The Morgan fingerprint density at radius 1 is 1.24 bits per heavy atom. The zero-order valence-electron chi connectivity index (χ0n) is 15.0. The molecular weight excluding hydrogens is 321 g/mol. The van der Waals surface area contributed by atoms with Crippen LogP contribution in [-0.4, -0.2) is 72.7 Å². The monoisotopic (exact) mass is 349 g/mol. The van der Waals surface area contributed by atoms with Crippen LogP contribution in [0.15, 0.2) is 24.3 Å². The topological polar surface area (TPSA) is 36.0 Å². The van der Waals surface area contributed by atoms with Crippen molar-refractivity contribution in [2.45, 2.75) is 32.4 Å². The summed E-state index contributed by atoms with van der Waals surface area (Å²) in [7, 11) is 0. The van der Waals surface area contributed by atoms with Crippen LogP contribution in [0.5, 0.6) is 0 Å². The molecule has 1 amide bonds. The molecule has 0 spiro atoms. The number of benzene rings is 1. The molecule has 2 heterocycles. The van der Waals surface area contributed by atoms with Crippen molar-refractivity contribution in [3.05, 3.63) is 35.6 Å². The minimum absolute atomic E-state index is 0.166. The van der Waals surface area contributed by atoms with Crippen LogP contribution in [0.25, 0.3) is 0 Å². The van der Waals surface area contributed by atoms with Gasteiger partial charge in [0.25, 0.3) is 0 Å². The van der Waals surface area contributed by atoms with Gasteiger partial charge in [-0.25, -0.2) is 9.18 Å². The highest BCUT2D eigenvalue weighted by atomic mass is 19.1. The van der Waals surface area contributed by atoms with Crippen LogP contribution in [0.3, 0.4) is 0 Å². The third kappa shape index (κ3) is 4.92. The SMILES string of the molecule is CCOC(=O)N1CCN(C2CCCN(Cc3cccc(F)c3)C2)CC1. The first-order chi connectivity index (χ1) is 12.2. The third-order valence-electron chi connectivity index (χ3n) is 5.13. The lowest BCUT2D eigenvalue weighted by Crippen LogP contribution is -2.55. The van der Waals surface area contributed by atoms with Crippen molar-refractivity contribution in [2.75, 3.05) is 45.9 Å². The Labute approximate surface area is 149 Å². The maximum atomic E-state index is 13.4. The lowest BCUT2D eigenvalue weighted by atomic mass is 10.0. The number of hydrogen-bond donors (Lipinski definition) is 0. The van der Waals surface area contributed by atoms with Crippen molar-refractivity contribution in [1.82, 2.24) is 14.7 Å². The zero-order chi connectivity index (χ0) is 17.6. The van der Waals surface area contributed by atoms with E-state index in [9.17, 15) is 9.18 Å². The highest BCUT2D eigenvalue weighted by molar-refractivity contribution is 5.67. The Hall–Kier alpha value is -1.66. The van der Waals surface area contributed by atoms with Gasteiger partial charge < -0.3 is 9.64 Å². The molecule has 3 rings (SSSR count). The molecule has 2 saturated heterocycles. The number of piperazine rings is 1. The maximum absolute atomic E-state index is 13.4. The number of ether oxygens (including phenoxy) is 1. The fourth-order valence-electron chi connectivity index (χ4n) is 3.85. The molecule has 2 aliphatic rings. The highest BCUT2D eigenvalue weighted by Crippen LogP contribution is 2.20. The van der Waals surface area contributed by atoms with Crippen LogP contribution < -0.4 is 0 Å². The van der Waals surface area contributed by atoms with Gasteiger partial charge in [0.2, 0.25) is 0 Å². The molecule has 138 valence electrons. The van der Waals surface area contributed by atoms with Gasteiger partial charge in [-0.2, -0.15) is 0 Å². The van der Waals surface area contributed by atoms with Gasteiger partial charge in [0.05, 0.1) is 6.61 Å². The standard InChI is InChI=1S/C19H28FN3O2/c1-2-25-19(24)23-11-9-22(10-12-23)18-7-4-8-21(15-18)14-16-5-3-6-17(20)13-16/h3,5-6,13,18H,2,4,7-12,14-15H2,1H3. The van der Waals surface area contributed by atoms with E-state index in [-0.39, 0.29) is 11.9 Å². The summed E-state index contributed by atoms with van der Waals surface area (Å²) in [6, 6.07) is 7.41. The number of nitrogens with zero attached hydrogens (tertiary/aromatic N) is 3. The minimum Gasteiger partial charge on any atom is -0.450 e. The Kier molecular flexibility index (Phi) is 6.26. The van der Waals surface area contributed by atoms with Gasteiger partial charge in [0.15, 0.2) is 0 Å². The average molecular weight is 349 g/mol. The Morgan fingerprint density at radius 2 is 2.04 bits per heavy atom. The number of likely N-dealkylation sites (tertiary alicyclic amines) is 1. The van der Waals surface area contributed by atoms with E-state index in [0.717, 1.165) is 57.8 Å². The summed E-state index contributed by atoms with van der Waals surface area (Å²) in [5.74, 6) is -0.166. The van der Waals surface area contributed by atoms with Gasteiger partial charge >= 0.3 is 6.09 Å². The smallest absolute Gasteiger partial charge is 0.409 e. The van der Waals surface area contributed by atoms with Crippen molar-refractivity contribution in [2.24, 2.45) is 0 Å². The molecule has 1 aromatic rings. The Morgan fingerprint density at radius 3 is 2.76 bits per heavy atom. The molecule has 1 aromatic carbocycles. The lowest BCUT2D eigenvalue weighted by Gasteiger charge is -2.43. The fraction of sp³-hybridized carbons (Fsp3) is 0.632. The van der Waals surface area contributed by atoms with Crippen molar-refractivity contribution >= 4 is 6.09 Å². The quantitative estimate of drug-likeness (QED) is 0.837. The summed E-state index contributed by atoms with van der Waals surface area (Å²) >= 11 is 0. The number of carbonyl (C=O) groups is 1. The number of hydrogen-bond acceptors (Lipinski definition) is 4. The van der Waals surface area contributed by atoms with Gasteiger partial charge in [-0.15, -0.1) is 0 Å². The molecule has 25 heavy (non-hydrogen) atoms. The molecule has 0 saturated carbocycles. The lowest BCUT2D eigenvalue weighted by molar-refractivity contribution is 0.0412. The summed E-state index contributed by atoms with van der Waals surface area (Å²) in [6.45, 7) is 8.41. The van der Waals surface area contributed by atoms with Gasteiger partial charge in [0.1, 0.15) is 5.82 Å². The third-order valence-corrected chi connectivity index (χ3v) is 5.13. The number of piperidine rings is 1. The number of rotatable bonds is 4. The number of halogens is 1. The second-order valence-corrected chi connectivity index (χ2v) is 6.88. The molecule has 1 unspecified atom stereocenters. The van der Waals surface area contributed by atoms with Crippen LogP contribution in [0.4, 0.5) is 9.18 Å². The van der Waals surface area contributed by atoms with E-state index in [1.807, 2.05) is 13.0 Å². The average Bonchev–Trinajstić information content (AvgIpc) is 2.62. The number of amides is 1. The summed E-state index contributed by atoms with van der Waals surface area (Å²) in [6.07, 6.45) is 2.16. The molecule has 0 radical (unpaired) electrons. The van der Waals surface area contributed by atoms with Gasteiger partial charge in [0, 0.05) is 45.3 Å². The largest absolute Gasteiger partial charge is 0.450 e. The van der Waals surface area contributed by atoms with Crippen molar-refractivity contribution < 1.29 is 13.9 Å². The van der Waals surface area contributed by atoms with E-state index < -0.39 is 0 Å². The second-order valence-electron chi connectivity index (χ2n) is 6.88. The van der Waals surface area contributed by atoms with Gasteiger partial charge in [-0.3, -0.25) is 9.80 Å². The highest BCUT2D eigenvalue weighted by Gasteiger charge is 2.29. The molecule has 0 aliphatic carbocycles. The molecule has 0 N–H and O–H groups in total. The summed E-state index contributed by atoms with van der Waals surface area (Å²) in [5.41, 5.74) is 1.03. The van der Waals surface area contributed by atoms with E-state index in [1.165, 1.54) is 12.5 Å². The van der Waals surface area contributed by atoms with Crippen molar-refractivity contribution in [1.29, 1.82) is 0 Å². The van der Waals surface area contributed by atoms with E-state index in [1.54, 1.807) is 17.0 Å². The second kappa shape index (κ2) is 8.63. The zero-order valence-corrected chi connectivity index (χ0v) is 15.0. The first kappa shape index (κ1) is 18.1. The van der Waals surface area contributed by atoms with Crippen molar-refractivity contribution in [3.8, 4) is 0 Å². The van der Waals surface area contributed by atoms with Gasteiger partial charge in [-0.1, -0.05) is 12.1 Å². The maximum Gasteiger partial charge on any atom is 0.409 e. The molecule has 5 nitrogen and oxygen atoms in total. The summed E-state index contributed by atoms with van der Waals surface area (Å²) < 4.78 is 18.5. The molecule has 1 atom stereocenters. The van der Waals surface area contributed by atoms with Gasteiger partial charge in [-0.05, 0) is 44.0 Å².